The number of benzene rings is 2. The molecule has 2 aromatic carbocycles. The van der Waals surface area contributed by atoms with E-state index in [-0.39, 0.29) is 24.0 Å². The SMILES string of the molecule is C=C(C)/C=C\C(=C/C)C(=O)NC1CCOC(C2c3ccccc3CCc3ccccc32)C1. The average molecular weight is 428 g/mol. The van der Waals surface area contributed by atoms with E-state index in [2.05, 4.69) is 60.4 Å². The first-order valence-corrected chi connectivity index (χ1v) is 11.6. The van der Waals surface area contributed by atoms with Gasteiger partial charge in [0.1, 0.15) is 0 Å². The maximum atomic E-state index is 12.9. The third kappa shape index (κ3) is 4.94. The summed E-state index contributed by atoms with van der Waals surface area (Å²) in [5, 5.41) is 3.26. The van der Waals surface area contributed by atoms with Crippen molar-refractivity contribution in [3.8, 4) is 0 Å². The minimum Gasteiger partial charge on any atom is -0.377 e. The third-order valence-corrected chi connectivity index (χ3v) is 6.59. The van der Waals surface area contributed by atoms with Crippen LogP contribution in [0.4, 0.5) is 0 Å². The molecule has 1 amide bonds. The number of aryl methyl sites for hydroxylation is 2. The van der Waals surface area contributed by atoms with E-state index in [1.165, 1.54) is 22.3 Å². The monoisotopic (exact) mass is 427 g/mol. The summed E-state index contributed by atoms with van der Waals surface area (Å²) in [4.78, 5) is 12.9. The molecular formula is C29H33NO2. The molecule has 2 aromatic rings. The molecule has 2 unspecified atom stereocenters. The first kappa shape index (κ1) is 22.3. The summed E-state index contributed by atoms with van der Waals surface area (Å²) < 4.78 is 6.37. The molecule has 166 valence electrons. The van der Waals surface area contributed by atoms with Crippen molar-refractivity contribution in [2.24, 2.45) is 0 Å². The van der Waals surface area contributed by atoms with Crippen LogP contribution >= 0.6 is 0 Å². The lowest BCUT2D eigenvalue weighted by molar-refractivity contribution is -0.119. The summed E-state index contributed by atoms with van der Waals surface area (Å²) in [6.45, 7) is 8.35. The minimum absolute atomic E-state index is 0.0303. The maximum absolute atomic E-state index is 12.9. The highest BCUT2D eigenvalue weighted by Crippen LogP contribution is 2.40. The number of rotatable bonds is 5. The summed E-state index contributed by atoms with van der Waals surface area (Å²) in [5.41, 5.74) is 7.14. The van der Waals surface area contributed by atoms with Crippen LogP contribution in [-0.2, 0) is 22.4 Å². The molecule has 1 fully saturated rings. The summed E-state index contributed by atoms with van der Waals surface area (Å²) in [7, 11) is 0. The standard InChI is InChI=1S/C29H33NO2/c1-4-21(14-13-20(2)3)29(31)30-24-17-18-32-27(19-24)28-25-11-7-5-9-22(25)15-16-23-10-6-8-12-26(23)28/h4-14,24,27-28H,2,15-19H2,1,3H3,(H,30,31)/b14-13-,21-4+. The molecule has 1 aliphatic heterocycles. The van der Waals surface area contributed by atoms with Crippen LogP contribution in [0.25, 0.3) is 0 Å². The van der Waals surface area contributed by atoms with Crippen molar-refractivity contribution in [1.82, 2.24) is 5.32 Å². The zero-order valence-corrected chi connectivity index (χ0v) is 19.1. The Morgan fingerprint density at radius 1 is 1.03 bits per heavy atom. The molecule has 0 aromatic heterocycles. The molecule has 0 saturated carbocycles. The number of fused-ring (bicyclic) bond motifs is 2. The number of hydrogen-bond donors (Lipinski definition) is 1. The van der Waals surface area contributed by atoms with Crippen molar-refractivity contribution in [2.45, 2.75) is 57.6 Å². The van der Waals surface area contributed by atoms with Crippen molar-refractivity contribution < 1.29 is 9.53 Å². The maximum Gasteiger partial charge on any atom is 0.251 e. The predicted molar refractivity (Wildman–Crippen MR) is 131 cm³/mol. The number of hydrogen-bond acceptors (Lipinski definition) is 2. The fourth-order valence-electron chi connectivity index (χ4n) is 4.96. The number of allylic oxidation sites excluding steroid dienone is 3. The van der Waals surface area contributed by atoms with Crippen LogP contribution in [0.2, 0.25) is 0 Å². The zero-order valence-electron chi connectivity index (χ0n) is 19.1. The summed E-state index contributed by atoms with van der Waals surface area (Å²) >= 11 is 0. The Morgan fingerprint density at radius 2 is 1.66 bits per heavy atom. The average Bonchev–Trinajstić information content (AvgIpc) is 2.96. The quantitative estimate of drug-likeness (QED) is 0.494. The molecule has 0 spiro atoms. The van der Waals surface area contributed by atoms with E-state index in [1.807, 2.05) is 32.1 Å². The van der Waals surface area contributed by atoms with Crippen LogP contribution in [0.3, 0.4) is 0 Å². The Hall–Kier alpha value is -2.91. The lowest BCUT2D eigenvalue weighted by Crippen LogP contribution is -2.44. The Kier molecular flexibility index (Phi) is 7.06. The topological polar surface area (TPSA) is 38.3 Å². The van der Waals surface area contributed by atoms with E-state index in [1.54, 1.807) is 0 Å². The Morgan fingerprint density at radius 3 is 2.25 bits per heavy atom. The Bertz CT molecular complexity index is 1000. The van der Waals surface area contributed by atoms with E-state index in [9.17, 15) is 4.79 Å². The fraction of sp³-hybridized carbons (Fsp3) is 0.345. The minimum atomic E-state index is -0.0303. The summed E-state index contributed by atoms with van der Waals surface area (Å²) in [5.74, 6) is 0.159. The second-order valence-electron chi connectivity index (χ2n) is 8.90. The molecule has 2 aliphatic rings. The van der Waals surface area contributed by atoms with Crippen LogP contribution in [-0.4, -0.2) is 24.7 Å². The molecule has 1 aliphatic carbocycles. The number of carbonyl (C=O) groups excluding carboxylic acids is 1. The first-order valence-electron chi connectivity index (χ1n) is 11.6. The highest BCUT2D eigenvalue weighted by molar-refractivity contribution is 5.96. The Labute approximate surface area is 191 Å². The van der Waals surface area contributed by atoms with E-state index in [0.29, 0.717) is 12.2 Å². The molecule has 4 rings (SSSR count). The summed E-state index contributed by atoms with van der Waals surface area (Å²) in [6, 6.07) is 17.6. The van der Waals surface area contributed by atoms with Gasteiger partial charge in [-0.1, -0.05) is 72.8 Å². The van der Waals surface area contributed by atoms with Gasteiger partial charge < -0.3 is 10.1 Å². The number of nitrogens with one attached hydrogen (secondary N) is 1. The van der Waals surface area contributed by atoms with Gasteiger partial charge in [0.25, 0.3) is 5.91 Å². The van der Waals surface area contributed by atoms with E-state index >= 15 is 0 Å². The van der Waals surface area contributed by atoms with Gasteiger partial charge in [0, 0.05) is 24.1 Å². The van der Waals surface area contributed by atoms with Gasteiger partial charge in [-0.25, -0.2) is 0 Å². The number of carbonyl (C=O) groups is 1. The van der Waals surface area contributed by atoms with Gasteiger partial charge in [0.05, 0.1) is 6.10 Å². The first-order chi connectivity index (χ1) is 15.6. The van der Waals surface area contributed by atoms with Crippen molar-refractivity contribution in [3.05, 3.63) is 107 Å². The molecule has 3 heteroatoms. The van der Waals surface area contributed by atoms with E-state index < -0.39 is 0 Å². The lowest BCUT2D eigenvalue weighted by atomic mass is 9.80. The molecule has 1 N–H and O–H groups in total. The van der Waals surface area contributed by atoms with Crippen LogP contribution in [0.1, 0.15) is 54.9 Å². The van der Waals surface area contributed by atoms with Gasteiger partial charge in [-0.05, 0) is 67.9 Å². The van der Waals surface area contributed by atoms with Crippen molar-refractivity contribution in [3.63, 3.8) is 0 Å². The normalized spacial score (nSPS) is 21.5. The van der Waals surface area contributed by atoms with Gasteiger partial charge in [-0.2, -0.15) is 0 Å². The smallest absolute Gasteiger partial charge is 0.251 e. The van der Waals surface area contributed by atoms with Crippen molar-refractivity contribution in [1.29, 1.82) is 0 Å². The van der Waals surface area contributed by atoms with Crippen LogP contribution < -0.4 is 5.32 Å². The van der Waals surface area contributed by atoms with Gasteiger partial charge in [-0.15, -0.1) is 0 Å². The second-order valence-corrected chi connectivity index (χ2v) is 8.90. The molecule has 1 heterocycles. The molecular weight excluding hydrogens is 394 g/mol. The van der Waals surface area contributed by atoms with E-state index in [4.69, 9.17) is 4.74 Å². The van der Waals surface area contributed by atoms with Crippen LogP contribution in [0, 0.1) is 0 Å². The fourth-order valence-corrected chi connectivity index (χ4v) is 4.96. The number of amides is 1. The molecule has 32 heavy (non-hydrogen) atoms. The Balaban J connectivity index is 1.57. The molecule has 0 bridgehead atoms. The molecule has 1 saturated heterocycles. The van der Waals surface area contributed by atoms with Crippen molar-refractivity contribution in [2.75, 3.05) is 6.61 Å². The molecule has 3 nitrogen and oxygen atoms in total. The van der Waals surface area contributed by atoms with Gasteiger partial charge in [-0.3, -0.25) is 4.79 Å². The third-order valence-electron chi connectivity index (χ3n) is 6.59. The zero-order chi connectivity index (χ0) is 22.5. The van der Waals surface area contributed by atoms with Gasteiger partial charge >= 0.3 is 0 Å². The van der Waals surface area contributed by atoms with Crippen LogP contribution in [0.15, 0.2) is 84.5 Å². The highest BCUT2D eigenvalue weighted by Gasteiger charge is 2.35. The number of ether oxygens (including phenoxy) is 1. The van der Waals surface area contributed by atoms with Crippen LogP contribution in [0.5, 0.6) is 0 Å². The van der Waals surface area contributed by atoms with Gasteiger partial charge in [0.15, 0.2) is 0 Å². The lowest BCUT2D eigenvalue weighted by Gasteiger charge is -2.36. The van der Waals surface area contributed by atoms with Gasteiger partial charge in [0.2, 0.25) is 0 Å². The highest BCUT2D eigenvalue weighted by atomic mass is 16.5. The largest absolute Gasteiger partial charge is 0.377 e. The molecule has 2 atom stereocenters. The predicted octanol–water partition coefficient (Wildman–Crippen LogP) is 5.66. The second kappa shape index (κ2) is 10.1. The van der Waals surface area contributed by atoms with Crippen molar-refractivity contribution >= 4 is 5.91 Å². The summed E-state index contributed by atoms with van der Waals surface area (Å²) in [6.07, 6.45) is 9.35. The van der Waals surface area contributed by atoms with E-state index in [0.717, 1.165) is 31.3 Å². The molecule has 0 radical (unpaired) electrons.